The molecule has 1 aromatic carbocycles. The second-order valence-corrected chi connectivity index (χ2v) is 5.66. The molecule has 0 saturated carbocycles. The number of fused-ring (bicyclic) bond motifs is 1. The summed E-state index contributed by atoms with van der Waals surface area (Å²) >= 11 is 0. The lowest BCUT2D eigenvalue weighted by Gasteiger charge is -2.35. The van der Waals surface area contributed by atoms with Crippen molar-refractivity contribution in [2.75, 3.05) is 48.9 Å². The highest BCUT2D eigenvalue weighted by molar-refractivity contribution is 6.07. The van der Waals surface area contributed by atoms with Crippen LogP contribution in [0.25, 0.3) is 0 Å². The highest BCUT2D eigenvalue weighted by atomic mass is 16.2. The molecule has 2 heterocycles. The van der Waals surface area contributed by atoms with E-state index in [1.165, 1.54) is 0 Å². The lowest BCUT2D eigenvalue weighted by atomic mass is 10.1. The minimum Gasteiger partial charge on any atom is -0.378 e. The van der Waals surface area contributed by atoms with E-state index in [4.69, 9.17) is 0 Å². The first-order valence-electron chi connectivity index (χ1n) is 7.33. The first kappa shape index (κ1) is 14.4. The number of carbonyl (C=O) groups excluding carboxylic acids is 1. The summed E-state index contributed by atoms with van der Waals surface area (Å²) in [5.74, 6) is -0.0516. The van der Waals surface area contributed by atoms with Gasteiger partial charge < -0.3 is 14.7 Å². The Labute approximate surface area is 130 Å². The zero-order valence-corrected chi connectivity index (χ0v) is 13.2. The molecule has 0 atom stereocenters. The van der Waals surface area contributed by atoms with Gasteiger partial charge in [-0.15, -0.1) is 0 Å². The summed E-state index contributed by atoms with van der Waals surface area (Å²) in [6.07, 6.45) is 1.69. The Morgan fingerprint density at radius 3 is 2.59 bits per heavy atom. The van der Waals surface area contributed by atoms with Gasteiger partial charge in [-0.3, -0.25) is 9.78 Å². The Hall–Kier alpha value is -2.56. The maximum Gasteiger partial charge on any atom is 0.277 e. The number of benzene rings is 1. The number of anilines is 3. The third-order valence-corrected chi connectivity index (χ3v) is 3.97. The number of rotatable bonds is 2. The van der Waals surface area contributed by atoms with Gasteiger partial charge >= 0.3 is 0 Å². The van der Waals surface area contributed by atoms with Crippen LogP contribution in [0, 0.1) is 0 Å². The lowest BCUT2D eigenvalue weighted by molar-refractivity contribution is 0.0982. The number of likely N-dealkylation sites (N-methyl/N-ethyl adjacent to an activating group) is 1. The Balaban J connectivity index is 1.96. The smallest absolute Gasteiger partial charge is 0.277 e. The molecule has 2 aromatic rings. The number of hydrogen-bond donors (Lipinski definition) is 0. The Bertz CT molecular complexity index is 699. The normalized spacial score (nSPS) is 13.8. The van der Waals surface area contributed by atoms with E-state index in [2.05, 4.69) is 9.88 Å². The summed E-state index contributed by atoms with van der Waals surface area (Å²) in [4.78, 5) is 23.1. The summed E-state index contributed by atoms with van der Waals surface area (Å²) in [7, 11) is 5.95. The van der Waals surface area contributed by atoms with Gasteiger partial charge in [-0.2, -0.15) is 0 Å². The zero-order valence-electron chi connectivity index (χ0n) is 13.2. The van der Waals surface area contributed by atoms with E-state index in [-0.39, 0.29) is 5.91 Å². The largest absolute Gasteiger partial charge is 0.378 e. The van der Waals surface area contributed by atoms with Crippen molar-refractivity contribution in [2.45, 2.75) is 0 Å². The van der Waals surface area contributed by atoms with E-state index in [1.54, 1.807) is 6.20 Å². The van der Waals surface area contributed by atoms with Gasteiger partial charge in [0.1, 0.15) is 5.69 Å². The quantitative estimate of drug-likeness (QED) is 0.852. The van der Waals surface area contributed by atoms with Gasteiger partial charge in [-0.1, -0.05) is 12.1 Å². The predicted octanol–water partition coefficient (Wildman–Crippen LogP) is 2.24. The molecule has 0 fully saturated rings. The van der Waals surface area contributed by atoms with Crippen molar-refractivity contribution in [3.8, 4) is 0 Å². The van der Waals surface area contributed by atoms with Gasteiger partial charge in [0.05, 0.1) is 11.4 Å². The Morgan fingerprint density at radius 2 is 1.86 bits per heavy atom. The van der Waals surface area contributed by atoms with E-state index >= 15 is 0 Å². The first-order valence-corrected chi connectivity index (χ1v) is 7.33. The molecule has 0 saturated heterocycles. The van der Waals surface area contributed by atoms with Crippen LogP contribution in [-0.2, 0) is 0 Å². The van der Waals surface area contributed by atoms with Crippen molar-refractivity contribution in [1.29, 1.82) is 0 Å². The summed E-state index contributed by atoms with van der Waals surface area (Å²) < 4.78 is 0. The van der Waals surface area contributed by atoms with Crippen molar-refractivity contribution in [3.05, 3.63) is 48.3 Å². The van der Waals surface area contributed by atoms with E-state index < -0.39 is 0 Å². The molecule has 0 bridgehead atoms. The van der Waals surface area contributed by atoms with Crippen LogP contribution in [0.5, 0.6) is 0 Å². The molecule has 0 spiro atoms. The standard InChI is InChI=1S/C17H20N4O/c1-19(2)13-8-9-18-14(12-13)17(22)21-11-10-20(3)15-6-4-5-7-16(15)21/h4-9,12H,10-11H2,1-3H3. The molecule has 1 aromatic heterocycles. The minimum atomic E-state index is -0.0516. The molecule has 1 aliphatic heterocycles. The molecule has 1 aliphatic rings. The van der Waals surface area contributed by atoms with Crippen LogP contribution < -0.4 is 14.7 Å². The maximum atomic E-state index is 12.9. The number of aromatic nitrogens is 1. The average molecular weight is 296 g/mol. The van der Waals surface area contributed by atoms with Crippen LogP contribution in [0.15, 0.2) is 42.6 Å². The Kier molecular flexibility index (Phi) is 3.71. The SMILES string of the molecule is CN(C)c1ccnc(C(=O)N2CCN(C)c3ccccc32)c1. The number of hydrogen-bond acceptors (Lipinski definition) is 4. The molecule has 1 amide bonds. The van der Waals surface area contributed by atoms with Gasteiger partial charge in [0.2, 0.25) is 0 Å². The van der Waals surface area contributed by atoms with Gasteiger partial charge in [0.25, 0.3) is 5.91 Å². The number of pyridine rings is 1. The summed E-state index contributed by atoms with van der Waals surface area (Å²) in [6.45, 7) is 1.48. The molecular weight excluding hydrogens is 276 g/mol. The third kappa shape index (κ3) is 2.50. The zero-order chi connectivity index (χ0) is 15.7. The van der Waals surface area contributed by atoms with Crippen molar-refractivity contribution >= 4 is 23.0 Å². The van der Waals surface area contributed by atoms with E-state index in [0.29, 0.717) is 12.2 Å². The number of amides is 1. The van der Waals surface area contributed by atoms with Crippen LogP contribution in [0.4, 0.5) is 17.1 Å². The summed E-state index contributed by atoms with van der Waals surface area (Å²) in [5.41, 5.74) is 3.47. The molecule has 3 rings (SSSR count). The van der Waals surface area contributed by atoms with Gasteiger partial charge in [-0.25, -0.2) is 0 Å². The number of carbonyl (C=O) groups is 1. The maximum absolute atomic E-state index is 12.9. The van der Waals surface area contributed by atoms with Gasteiger partial charge in [-0.05, 0) is 24.3 Å². The van der Waals surface area contributed by atoms with Crippen molar-refractivity contribution < 1.29 is 4.79 Å². The van der Waals surface area contributed by atoms with Gasteiger partial charge in [0, 0.05) is 46.1 Å². The highest BCUT2D eigenvalue weighted by Gasteiger charge is 2.26. The van der Waals surface area contributed by atoms with E-state index in [0.717, 1.165) is 23.6 Å². The summed E-state index contributed by atoms with van der Waals surface area (Å²) in [6, 6.07) is 11.7. The van der Waals surface area contributed by atoms with Crippen LogP contribution in [0.2, 0.25) is 0 Å². The average Bonchev–Trinajstić information content (AvgIpc) is 2.55. The van der Waals surface area contributed by atoms with Crippen LogP contribution in [0.1, 0.15) is 10.5 Å². The van der Waals surface area contributed by atoms with E-state index in [9.17, 15) is 4.79 Å². The van der Waals surface area contributed by atoms with Crippen molar-refractivity contribution in [2.24, 2.45) is 0 Å². The number of nitrogens with zero attached hydrogens (tertiary/aromatic N) is 4. The highest BCUT2D eigenvalue weighted by Crippen LogP contribution is 2.32. The second-order valence-electron chi connectivity index (χ2n) is 5.66. The predicted molar refractivity (Wildman–Crippen MR) is 90.0 cm³/mol. The van der Waals surface area contributed by atoms with Gasteiger partial charge in [0.15, 0.2) is 0 Å². The lowest BCUT2D eigenvalue weighted by Crippen LogP contribution is -2.43. The second kappa shape index (κ2) is 5.67. The monoisotopic (exact) mass is 296 g/mol. The van der Waals surface area contributed by atoms with Crippen molar-refractivity contribution in [3.63, 3.8) is 0 Å². The van der Waals surface area contributed by atoms with E-state index in [1.807, 2.05) is 67.3 Å². The molecule has 0 radical (unpaired) electrons. The fourth-order valence-corrected chi connectivity index (χ4v) is 2.67. The molecule has 114 valence electrons. The van der Waals surface area contributed by atoms with Crippen LogP contribution in [-0.4, -0.2) is 45.1 Å². The Morgan fingerprint density at radius 1 is 1.14 bits per heavy atom. The fourth-order valence-electron chi connectivity index (χ4n) is 2.67. The number of para-hydroxylation sites is 2. The van der Waals surface area contributed by atoms with Crippen molar-refractivity contribution in [1.82, 2.24) is 4.98 Å². The molecule has 5 heteroatoms. The first-order chi connectivity index (χ1) is 10.6. The molecule has 5 nitrogen and oxygen atoms in total. The third-order valence-electron chi connectivity index (χ3n) is 3.97. The molecular formula is C17H20N4O. The van der Waals surface area contributed by atoms with Crippen LogP contribution >= 0.6 is 0 Å². The molecule has 0 unspecified atom stereocenters. The minimum absolute atomic E-state index is 0.0516. The summed E-state index contributed by atoms with van der Waals surface area (Å²) in [5, 5.41) is 0. The molecule has 22 heavy (non-hydrogen) atoms. The molecule has 0 N–H and O–H groups in total. The molecule has 0 aliphatic carbocycles. The fraction of sp³-hybridized carbons (Fsp3) is 0.294. The van der Waals surface area contributed by atoms with Crippen LogP contribution in [0.3, 0.4) is 0 Å². The topological polar surface area (TPSA) is 39.7 Å².